The average Bonchev–Trinajstić information content (AvgIpc) is 3.18. The van der Waals surface area contributed by atoms with Crippen molar-refractivity contribution in [2.45, 2.75) is 13.0 Å². The largest absolute Gasteiger partial charge is 0.504 e. The van der Waals surface area contributed by atoms with Gasteiger partial charge in [0.15, 0.2) is 11.5 Å². The monoisotopic (exact) mass is 418 g/mol. The topological polar surface area (TPSA) is 90.4 Å². The summed E-state index contributed by atoms with van der Waals surface area (Å²) in [5.41, 5.74) is 3.26. The van der Waals surface area contributed by atoms with E-state index in [1.165, 1.54) is 11.6 Å². The number of aromatic nitrogens is 3. The molecule has 31 heavy (non-hydrogen) atoms. The third-order valence-electron chi connectivity index (χ3n) is 5.81. The van der Waals surface area contributed by atoms with Gasteiger partial charge in [-0.3, -0.25) is 13.9 Å². The lowest BCUT2D eigenvalue weighted by atomic mass is 9.99. The van der Waals surface area contributed by atoms with Crippen molar-refractivity contribution in [2.24, 2.45) is 14.1 Å². The minimum absolute atomic E-state index is 0.0586. The summed E-state index contributed by atoms with van der Waals surface area (Å²) in [6, 6.07) is 12.6. The predicted molar refractivity (Wildman–Crippen MR) is 118 cm³/mol. The Kier molecular flexibility index (Phi) is 4.18. The van der Waals surface area contributed by atoms with Crippen molar-refractivity contribution in [1.29, 1.82) is 0 Å². The Morgan fingerprint density at radius 1 is 1.10 bits per heavy atom. The summed E-state index contributed by atoms with van der Waals surface area (Å²) in [6.45, 7) is 2.27. The van der Waals surface area contributed by atoms with Gasteiger partial charge in [0.25, 0.3) is 5.56 Å². The van der Waals surface area contributed by atoms with E-state index in [2.05, 4.69) is 5.32 Å². The smallest absolute Gasteiger partial charge is 0.331 e. The molecule has 0 bridgehead atoms. The number of fused-ring (bicyclic) bond motifs is 5. The number of para-hydroxylation sites is 2. The van der Waals surface area contributed by atoms with Gasteiger partial charge in [0.05, 0.1) is 40.6 Å². The maximum Gasteiger partial charge on any atom is 0.331 e. The van der Waals surface area contributed by atoms with Crippen LogP contribution < -0.4 is 21.3 Å². The molecule has 1 aliphatic rings. The Labute approximate surface area is 177 Å². The lowest BCUT2D eigenvalue weighted by Gasteiger charge is -2.30. The molecule has 8 nitrogen and oxygen atoms in total. The van der Waals surface area contributed by atoms with E-state index in [0.717, 1.165) is 27.2 Å². The zero-order valence-corrected chi connectivity index (χ0v) is 17.4. The molecule has 158 valence electrons. The van der Waals surface area contributed by atoms with E-state index >= 15 is 0 Å². The standard InChI is InChI=1S/C23H22N4O4/c1-4-31-18-11-13(9-10-17(18)28)19-21-20-14(22(29)26(3)23(30)25(20)2)12-27(21)16-8-6-5-7-15(16)24-19/h5-12,19,24,28H,4H2,1-3H3. The SMILES string of the molecule is CCOc1cc(C2Nc3ccccc3-n3cc4c(=O)n(C)c(=O)n(C)c4c32)ccc1O. The first-order chi connectivity index (χ1) is 14.9. The Balaban J connectivity index is 1.87. The van der Waals surface area contributed by atoms with E-state index in [-0.39, 0.29) is 23.0 Å². The number of nitrogens with one attached hydrogen (secondary N) is 1. The molecule has 0 saturated heterocycles. The highest BCUT2D eigenvalue weighted by atomic mass is 16.5. The van der Waals surface area contributed by atoms with Gasteiger partial charge in [0.1, 0.15) is 0 Å². The second-order valence-electron chi connectivity index (χ2n) is 7.61. The van der Waals surface area contributed by atoms with Gasteiger partial charge in [-0.25, -0.2) is 4.79 Å². The fourth-order valence-electron chi connectivity index (χ4n) is 4.34. The van der Waals surface area contributed by atoms with E-state index in [9.17, 15) is 14.7 Å². The van der Waals surface area contributed by atoms with E-state index < -0.39 is 0 Å². The molecule has 2 aromatic carbocycles. The van der Waals surface area contributed by atoms with Crippen LogP contribution in [0.3, 0.4) is 0 Å². The highest BCUT2D eigenvalue weighted by Gasteiger charge is 2.31. The second kappa shape index (κ2) is 6.80. The van der Waals surface area contributed by atoms with Gasteiger partial charge < -0.3 is 19.7 Å². The molecule has 8 heteroatoms. The normalized spacial score (nSPS) is 14.7. The zero-order chi connectivity index (χ0) is 21.9. The molecule has 1 unspecified atom stereocenters. The highest BCUT2D eigenvalue weighted by molar-refractivity contribution is 5.86. The summed E-state index contributed by atoms with van der Waals surface area (Å²) < 4.78 is 10.2. The number of ether oxygens (including phenoxy) is 1. The minimum atomic E-state index is -0.384. The molecule has 2 N–H and O–H groups in total. The number of benzene rings is 2. The molecule has 0 radical (unpaired) electrons. The lowest BCUT2D eigenvalue weighted by Crippen LogP contribution is -2.37. The second-order valence-corrected chi connectivity index (χ2v) is 7.61. The molecule has 1 atom stereocenters. The van der Waals surface area contributed by atoms with E-state index in [1.807, 2.05) is 41.8 Å². The maximum absolute atomic E-state index is 12.9. The molecular formula is C23H22N4O4. The average molecular weight is 418 g/mol. The molecule has 5 rings (SSSR count). The minimum Gasteiger partial charge on any atom is -0.504 e. The number of anilines is 1. The van der Waals surface area contributed by atoms with Crippen molar-refractivity contribution in [2.75, 3.05) is 11.9 Å². The van der Waals surface area contributed by atoms with Crippen molar-refractivity contribution in [3.05, 3.63) is 80.8 Å². The van der Waals surface area contributed by atoms with Crippen LogP contribution in [0.1, 0.15) is 24.2 Å². The van der Waals surface area contributed by atoms with Gasteiger partial charge in [-0.15, -0.1) is 0 Å². The van der Waals surface area contributed by atoms with E-state index in [0.29, 0.717) is 23.3 Å². The van der Waals surface area contributed by atoms with Crippen molar-refractivity contribution < 1.29 is 9.84 Å². The molecule has 0 amide bonds. The quantitative estimate of drug-likeness (QED) is 0.534. The maximum atomic E-state index is 12.9. The number of nitrogens with zero attached hydrogens (tertiary/aromatic N) is 3. The van der Waals surface area contributed by atoms with E-state index in [4.69, 9.17) is 4.74 Å². The molecule has 4 aromatic rings. The van der Waals surface area contributed by atoms with Crippen LogP contribution in [0.5, 0.6) is 11.5 Å². The summed E-state index contributed by atoms with van der Waals surface area (Å²) in [5.74, 6) is 0.441. The summed E-state index contributed by atoms with van der Waals surface area (Å²) in [6.07, 6.45) is 1.79. The third-order valence-corrected chi connectivity index (χ3v) is 5.81. The van der Waals surface area contributed by atoms with Crippen LogP contribution in [-0.2, 0) is 14.1 Å². The Morgan fingerprint density at radius 3 is 2.65 bits per heavy atom. The molecule has 3 heterocycles. The first kappa shape index (κ1) is 19.0. The van der Waals surface area contributed by atoms with Crippen molar-refractivity contribution in [3.63, 3.8) is 0 Å². The van der Waals surface area contributed by atoms with Gasteiger partial charge in [0.2, 0.25) is 0 Å². The number of rotatable bonds is 3. The fourth-order valence-corrected chi connectivity index (χ4v) is 4.34. The molecule has 0 aliphatic carbocycles. The molecular weight excluding hydrogens is 396 g/mol. The summed E-state index contributed by atoms with van der Waals surface area (Å²) >= 11 is 0. The number of hydrogen-bond donors (Lipinski definition) is 2. The van der Waals surface area contributed by atoms with Crippen LogP contribution in [0, 0.1) is 0 Å². The van der Waals surface area contributed by atoms with Crippen LogP contribution in [0.4, 0.5) is 5.69 Å². The number of aromatic hydroxyl groups is 1. The van der Waals surface area contributed by atoms with Crippen molar-refractivity contribution in [3.8, 4) is 17.2 Å². The van der Waals surface area contributed by atoms with Crippen LogP contribution >= 0.6 is 0 Å². The van der Waals surface area contributed by atoms with Gasteiger partial charge in [-0.05, 0) is 36.8 Å². The Bertz CT molecular complexity index is 1460. The Morgan fingerprint density at radius 2 is 1.87 bits per heavy atom. The Hall–Kier alpha value is -3.94. The summed E-state index contributed by atoms with van der Waals surface area (Å²) in [7, 11) is 3.16. The molecule has 1 aliphatic heterocycles. The summed E-state index contributed by atoms with van der Waals surface area (Å²) in [5, 5.41) is 14.2. The first-order valence-electron chi connectivity index (χ1n) is 10.0. The number of phenols is 1. The highest BCUT2D eigenvalue weighted by Crippen LogP contribution is 2.42. The molecule has 0 fully saturated rings. The fraction of sp³-hybridized carbons (Fsp3) is 0.217. The predicted octanol–water partition coefficient (Wildman–Crippen LogP) is 2.65. The zero-order valence-electron chi connectivity index (χ0n) is 17.4. The van der Waals surface area contributed by atoms with Gasteiger partial charge in [-0.1, -0.05) is 18.2 Å². The van der Waals surface area contributed by atoms with Crippen molar-refractivity contribution >= 4 is 16.6 Å². The van der Waals surface area contributed by atoms with Crippen LogP contribution in [0.2, 0.25) is 0 Å². The number of aryl methyl sites for hydroxylation is 1. The van der Waals surface area contributed by atoms with Crippen LogP contribution in [0.15, 0.2) is 58.3 Å². The summed E-state index contributed by atoms with van der Waals surface area (Å²) in [4.78, 5) is 25.6. The van der Waals surface area contributed by atoms with Gasteiger partial charge >= 0.3 is 5.69 Å². The molecule has 0 spiro atoms. The van der Waals surface area contributed by atoms with Gasteiger partial charge in [-0.2, -0.15) is 0 Å². The third kappa shape index (κ3) is 2.68. The molecule has 2 aromatic heterocycles. The van der Waals surface area contributed by atoms with Gasteiger partial charge in [0, 0.05) is 20.3 Å². The van der Waals surface area contributed by atoms with Crippen LogP contribution in [0.25, 0.3) is 16.6 Å². The lowest BCUT2D eigenvalue weighted by molar-refractivity contribution is 0.317. The number of phenolic OH excluding ortho intramolecular Hbond substituents is 1. The molecule has 0 saturated carbocycles. The van der Waals surface area contributed by atoms with E-state index in [1.54, 1.807) is 25.4 Å². The number of hydrogen-bond acceptors (Lipinski definition) is 5. The van der Waals surface area contributed by atoms with Crippen LogP contribution in [-0.4, -0.2) is 25.4 Å². The first-order valence-corrected chi connectivity index (χ1v) is 10.0. The van der Waals surface area contributed by atoms with Crippen molar-refractivity contribution in [1.82, 2.24) is 13.7 Å².